The van der Waals surface area contributed by atoms with Gasteiger partial charge in [-0.2, -0.15) is 5.10 Å². The van der Waals surface area contributed by atoms with Crippen molar-refractivity contribution in [3.05, 3.63) is 53.4 Å². The van der Waals surface area contributed by atoms with Crippen LogP contribution in [0.4, 0.5) is 8.78 Å². The summed E-state index contributed by atoms with van der Waals surface area (Å²) in [4.78, 5) is 14.2. The minimum atomic E-state index is -0.917. The molecular weight excluding hydrogens is 362 g/mol. The lowest BCUT2D eigenvalue weighted by molar-refractivity contribution is 0.0735. The van der Waals surface area contributed by atoms with Gasteiger partial charge in [0.25, 0.3) is 5.91 Å². The average molecular weight is 385 g/mol. The van der Waals surface area contributed by atoms with Gasteiger partial charge in [-0.3, -0.25) is 9.48 Å². The van der Waals surface area contributed by atoms with E-state index in [1.54, 1.807) is 20.0 Å². The molecule has 3 rings (SSSR count). The number of rotatable bonds is 4. The van der Waals surface area contributed by atoms with Crippen LogP contribution >= 0.6 is 12.4 Å². The Kier molecular flexibility index (Phi) is 6.72. The van der Waals surface area contributed by atoms with Gasteiger partial charge in [-0.25, -0.2) is 8.78 Å². The first-order valence-corrected chi connectivity index (χ1v) is 8.45. The normalized spacial score (nSPS) is 18.1. The Morgan fingerprint density at radius 2 is 2.12 bits per heavy atom. The molecule has 0 aliphatic carbocycles. The lowest BCUT2D eigenvalue weighted by Crippen LogP contribution is -2.33. The molecule has 1 saturated heterocycles. The molecule has 1 aliphatic rings. The van der Waals surface area contributed by atoms with E-state index in [1.807, 2.05) is 10.9 Å². The highest BCUT2D eigenvalue weighted by atomic mass is 35.5. The molecule has 2 atom stereocenters. The van der Waals surface area contributed by atoms with Crippen LogP contribution in [0.1, 0.15) is 47.9 Å². The Morgan fingerprint density at radius 1 is 1.35 bits per heavy atom. The first-order chi connectivity index (χ1) is 12.0. The zero-order chi connectivity index (χ0) is 18.0. The predicted octanol–water partition coefficient (Wildman–Crippen LogP) is 3.34. The zero-order valence-corrected chi connectivity index (χ0v) is 15.6. The van der Waals surface area contributed by atoms with Gasteiger partial charge >= 0.3 is 0 Å². The van der Waals surface area contributed by atoms with Gasteiger partial charge in [0, 0.05) is 19.8 Å². The number of benzene rings is 1. The minimum Gasteiger partial charge on any atom is -0.334 e. The van der Waals surface area contributed by atoms with Gasteiger partial charge in [0.1, 0.15) is 5.69 Å². The molecule has 2 heterocycles. The van der Waals surface area contributed by atoms with E-state index >= 15 is 0 Å². The first kappa shape index (κ1) is 20.3. The van der Waals surface area contributed by atoms with Crippen LogP contribution in [0.25, 0.3) is 0 Å². The van der Waals surface area contributed by atoms with Crippen LogP contribution in [0.15, 0.2) is 30.5 Å². The van der Waals surface area contributed by atoms with Crippen LogP contribution in [0, 0.1) is 11.6 Å². The largest absolute Gasteiger partial charge is 0.334 e. The summed E-state index contributed by atoms with van der Waals surface area (Å²) in [6.45, 7) is 3.63. The van der Waals surface area contributed by atoms with Gasteiger partial charge in [0.15, 0.2) is 11.6 Å². The molecule has 0 spiro atoms. The van der Waals surface area contributed by atoms with E-state index in [0.717, 1.165) is 38.1 Å². The van der Waals surface area contributed by atoms with E-state index in [0.29, 0.717) is 11.3 Å². The second kappa shape index (κ2) is 8.60. The number of carbonyl (C=O) groups is 1. The Labute approximate surface area is 157 Å². The Hall–Kier alpha value is -1.99. The van der Waals surface area contributed by atoms with Crippen molar-refractivity contribution in [3.8, 4) is 0 Å². The molecule has 1 N–H and O–H groups in total. The highest BCUT2D eigenvalue weighted by molar-refractivity contribution is 5.92. The molecule has 1 amide bonds. The fourth-order valence-corrected chi connectivity index (χ4v) is 3.07. The van der Waals surface area contributed by atoms with Gasteiger partial charge in [-0.1, -0.05) is 6.07 Å². The smallest absolute Gasteiger partial charge is 0.274 e. The maximum absolute atomic E-state index is 13.4. The molecule has 26 heavy (non-hydrogen) atoms. The number of hydrogen-bond acceptors (Lipinski definition) is 3. The van der Waals surface area contributed by atoms with Gasteiger partial charge < -0.3 is 10.2 Å². The lowest BCUT2D eigenvalue weighted by Gasteiger charge is -2.25. The molecule has 142 valence electrons. The highest BCUT2D eigenvalue weighted by Crippen LogP contribution is 2.23. The van der Waals surface area contributed by atoms with Crippen LogP contribution in [0.3, 0.4) is 0 Å². The van der Waals surface area contributed by atoms with Crippen LogP contribution < -0.4 is 5.32 Å². The van der Waals surface area contributed by atoms with E-state index in [9.17, 15) is 13.6 Å². The monoisotopic (exact) mass is 384 g/mol. The van der Waals surface area contributed by atoms with Gasteiger partial charge in [-0.05, 0) is 50.1 Å². The fourth-order valence-electron chi connectivity index (χ4n) is 3.07. The van der Waals surface area contributed by atoms with Crippen molar-refractivity contribution < 1.29 is 13.6 Å². The third-order valence-electron chi connectivity index (χ3n) is 4.80. The number of halogens is 3. The number of aromatic nitrogens is 2. The molecule has 2 unspecified atom stereocenters. The van der Waals surface area contributed by atoms with Crippen molar-refractivity contribution in [1.29, 1.82) is 0 Å². The Balaban J connectivity index is 0.00000243. The molecule has 0 bridgehead atoms. The van der Waals surface area contributed by atoms with Crippen LogP contribution in [-0.4, -0.2) is 40.7 Å². The van der Waals surface area contributed by atoms with Crippen molar-refractivity contribution in [2.24, 2.45) is 0 Å². The van der Waals surface area contributed by atoms with Crippen molar-refractivity contribution in [2.45, 2.75) is 31.8 Å². The first-order valence-electron chi connectivity index (χ1n) is 8.45. The fraction of sp³-hybridized carbons (Fsp3) is 0.444. The molecule has 1 fully saturated rings. The third kappa shape index (κ3) is 4.22. The number of nitrogens with one attached hydrogen (secondary N) is 1. The molecule has 0 radical (unpaired) electrons. The van der Waals surface area contributed by atoms with Crippen molar-refractivity contribution in [2.75, 3.05) is 20.1 Å². The van der Waals surface area contributed by atoms with Crippen LogP contribution in [0.5, 0.6) is 0 Å². The summed E-state index contributed by atoms with van der Waals surface area (Å²) < 4.78 is 28.4. The summed E-state index contributed by atoms with van der Waals surface area (Å²) in [5.74, 6) is -2.07. The van der Waals surface area contributed by atoms with Gasteiger partial charge in [0.05, 0.1) is 12.1 Å². The predicted molar refractivity (Wildman–Crippen MR) is 97.5 cm³/mol. The quantitative estimate of drug-likeness (QED) is 0.879. The average Bonchev–Trinajstić information content (AvgIpc) is 3.13. The van der Waals surface area contributed by atoms with E-state index in [1.165, 1.54) is 11.0 Å². The van der Waals surface area contributed by atoms with Crippen LogP contribution in [0.2, 0.25) is 0 Å². The van der Waals surface area contributed by atoms with Crippen molar-refractivity contribution in [3.63, 3.8) is 0 Å². The summed E-state index contributed by atoms with van der Waals surface area (Å²) in [6, 6.07) is 5.23. The summed E-state index contributed by atoms with van der Waals surface area (Å²) in [5.41, 5.74) is 0.883. The standard InChI is InChI=1S/C18H22F2N4O.ClH/c1-12(13-5-6-15(19)16(20)10-13)23(2)18(25)17-7-9-24(22-17)14-4-3-8-21-11-14;/h5-7,9-10,12,14,21H,3-4,8,11H2,1-2H3;1H. The Morgan fingerprint density at radius 3 is 2.77 bits per heavy atom. The van der Waals surface area contributed by atoms with Crippen molar-refractivity contribution in [1.82, 2.24) is 20.0 Å². The zero-order valence-electron chi connectivity index (χ0n) is 14.8. The Bertz CT molecular complexity index is 761. The van der Waals surface area contributed by atoms with Gasteiger partial charge in [0.2, 0.25) is 0 Å². The van der Waals surface area contributed by atoms with E-state index in [4.69, 9.17) is 0 Å². The SMILES string of the molecule is CC(c1ccc(F)c(F)c1)N(C)C(=O)c1ccn(C2CCCNC2)n1.Cl. The van der Waals surface area contributed by atoms with Crippen LogP contribution in [-0.2, 0) is 0 Å². The molecular formula is C18H23ClF2N4O. The summed E-state index contributed by atoms with van der Waals surface area (Å²) in [6.07, 6.45) is 3.94. The van der Waals surface area contributed by atoms with E-state index in [2.05, 4.69) is 10.4 Å². The van der Waals surface area contributed by atoms with E-state index in [-0.39, 0.29) is 24.4 Å². The maximum Gasteiger partial charge on any atom is 0.274 e. The summed E-state index contributed by atoms with van der Waals surface area (Å²) in [5, 5.41) is 7.74. The second-order valence-corrected chi connectivity index (χ2v) is 6.45. The minimum absolute atomic E-state index is 0. The maximum atomic E-state index is 13.4. The number of amides is 1. The molecule has 0 saturated carbocycles. The number of piperidine rings is 1. The highest BCUT2D eigenvalue weighted by Gasteiger charge is 2.23. The molecule has 1 aromatic carbocycles. The summed E-state index contributed by atoms with van der Waals surface area (Å²) >= 11 is 0. The number of nitrogens with zero attached hydrogens (tertiary/aromatic N) is 3. The van der Waals surface area contributed by atoms with E-state index < -0.39 is 17.7 Å². The second-order valence-electron chi connectivity index (χ2n) is 6.45. The molecule has 1 aliphatic heterocycles. The third-order valence-corrected chi connectivity index (χ3v) is 4.80. The lowest BCUT2D eigenvalue weighted by atomic mass is 10.1. The number of hydrogen-bond donors (Lipinski definition) is 1. The topological polar surface area (TPSA) is 50.2 Å². The molecule has 5 nitrogen and oxygen atoms in total. The molecule has 1 aromatic heterocycles. The van der Waals surface area contributed by atoms with Gasteiger partial charge in [-0.15, -0.1) is 12.4 Å². The van der Waals surface area contributed by atoms with Crippen molar-refractivity contribution >= 4 is 18.3 Å². The number of carbonyl (C=O) groups excluding carboxylic acids is 1. The molecule has 2 aromatic rings. The summed E-state index contributed by atoms with van der Waals surface area (Å²) in [7, 11) is 1.63. The molecule has 8 heteroatoms.